The summed E-state index contributed by atoms with van der Waals surface area (Å²) in [6.07, 6.45) is 1.10. The standard InChI is InChI=1S/C15H16N2O2/c1-15(2)13(11-7-4-3-5-8-11)16-14(17(15)18)12-9-6-10-19-12/h3-10,14,18H,1-2H3. The van der Waals surface area contributed by atoms with Crippen molar-refractivity contribution < 1.29 is 9.62 Å². The fourth-order valence-corrected chi connectivity index (χ4v) is 2.40. The van der Waals surface area contributed by atoms with Gasteiger partial charge in [-0.2, -0.15) is 0 Å². The lowest BCUT2D eigenvalue weighted by atomic mass is 9.93. The normalized spacial score (nSPS) is 22.5. The summed E-state index contributed by atoms with van der Waals surface area (Å²) in [5.74, 6) is 0.640. The van der Waals surface area contributed by atoms with Crippen LogP contribution in [0, 0.1) is 0 Å². The summed E-state index contributed by atoms with van der Waals surface area (Å²) in [6, 6.07) is 13.5. The molecule has 3 rings (SSSR count). The van der Waals surface area contributed by atoms with Crippen LogP contribution in [0.3, 0.4) is 0 Å². The van der Waals surface area contributed by atoms with Gasteiger partial charge in [-0.25, -0.2) is 0 Å². The fourth-order valence-electron chi connectivity index (χ4n) is 2.40. The van der Waals surface area contributed by atoms with Gasteiger partial charge in [-0.1, -0.05) is 30.3 Å². The van der Waals surface area contributed by atoms with E-state index in [-0.39, 0.29) is 0 Å². The molecule has 1 aliphatic rings. The minimum Gasteiger partial charge on any atom is -0.466 e. The fraction of sp³-hybridized carbons (Fsp3) is 0.267. The zero-order valence-electron chi connectivity index (χ0n) is 10.9. The lowest BCUT2D eigenvalue weighted by molar-refractivity contribution is -0.163. The van der Waals surface area contributed by atoms with Crippen molar-refractivity contribution in [3.8, 4) is 0 Å². The van der Waals surface area contributed by atoms with Gasteiger partial charge < -0.3 is 9.62 Å². The lowest BCUT2D eigenvalue weighted by Gasteiger charge is -2.29. The molecule has 1 aliphatic heterocycles. The Morgan fingerprint density at radius 3 is 2.53 bits per heavy atom. The van der Waals surface area contributed by atoms with E-state index in [9.17, 15) is 5.21 Å². The van der Waals surface area contributed by atoms with Crippen LogP contribution in [-0.2, 0) is 0 Å². The molecule has 1 atom stereocenters. The molecule has 0 bridgehead atoms. The summed E-state index contributed by atoms with van der Waals surface area (Å²) in [7, 11) is 0. The molecule has 0 amide bonds. The number of hydrogen-bond acceptors (Lipinski definition) is 4. The van der Waals surface area contributed by atoms with Gasteiger partial charge in [-0.05, 0) is 31.5 Å². The molecule has 1 N–H and O–H groups in total. The van der Waals surface area contributed by atoms with E-state index < -0.39 is 11.7 Å². The second kappa shape index (κ2) is 4.33. The molecule has 4 heteroatoms. The number of furan rings is 1. The highest BCUT2D eigenvalue weighted by atomic mass is 16.5. The summed E-state index contributed by atoms with van der Waals surface area (Å²) >= 11 is 0. The van der Waals surface area contributed by atoms with E-state index in [2.05, 4.69) is 4.99 Å². The van der Waals surface area contributed by atoms with Crippen molar-refractivity contribution in [3.05, 3.63) is 60.1 Å². The van der Waals surface area contributed by atoms with E-state index in [1.807, 2.05) is 50.2 Å². The molecule has 1 aromatic carbocycles. The highest BCUT2D eigenvalue weighted by Gasteiger charge is 2.44. The van der Waals surface area contributed by atoms with Crippen LogP contribution >= 0.6 is 0 Å². The SMILES string of the molecule is CC1(C)C(c2ccccc2)=NC(c2ccco2)N1O. The lowest BCUT2D eigenvalue weighted by Crippen LogP contribution is -2.44. The topological polar surface area (TPSA) is 49.0 Å². The van der Waals surface area contributed by atoms with Gasteiger partial charge in [0.15, 0.2) is 6.17 Å². The van der Waals surface area contributed by atoms with Gasteiger partial charge in [-0.3, -0.25) is 4.99 Å². The summed E-state index contributed by atoms with van der Waals surface area (Å²) in [6.45, 7) is 3.89. The minimum absolute atomic E-state index is 0.486. The summed E-state index contributed by atoms with van der Waals surface area (Å²) in [4.78, 5) is 4.63. The first-order chi connectivity index (χ1) is 9.10. The number of hydroxylamine groups is 2. The van der Waals surface area contributed by atoms with Crippen molar-refractivity contribution in [3.63, 3.8) is 0 Å². The number of aliphatic imine (C=N–C) groups is 1. The smallest absolute Gasteiger partial charge is 0.183 e. The average Bonchev–Trinajstić information content (AvgIpc) is 3.00. The summed E-state index contributed by atoms with van der Waals surface area (Å²) in [5, 5.41) is 11.6. The van der Waals surface area contributed by atoms with E-state index in [1.165, 1.54) is 5.06 Å². The quantitative estimate of drug-likeness (QED) is 0.897. The first kappa shape index (κ1) is 12.1. The van der Waals surface area contributed by atoms with E-state index in [0.29, 0.717) is 5.76 Å². The van der Waals surface area contributed by atoms with Crippen molar-refractivity contribution in [1.29, 1.82) is 0 Å². The van der Waals surface area contributed by atoms with Crippen LogP contribution in [-0.4, -0.2) is 21.5 Å². The Labute approximate surface area is 112 Å². The van der Waals surface area contributed by atoms with Crippen molar-refractivity contribution in [2.45, 2.75) is 25.6 Å². The van der Waals surface area contributed by atoms with E-state index in [1.54, 1.807) is 12.3 Å². The largest absolute Gasteiger partial charge is 0.466 e. The Kier molecular flexibility index (Phi) is 2.77. The molecule has 2 aromatic rings. The highest BCUT2D eigenvalue weighted by Crippen LogP contribution is 2.37. The Hall–Kier alpha value is -1.91. The molecule has 0 saturated heterocycles. The number of benzene rings is 1. The van der Waals surface area contributed by atoms with E-state index in [0.717, 1.165) is 11.3 Å². The Balaban J connectivity index is 2.06. The Morgan fingerprint density at radius 2 is 1.89 bits per heavy atom. The molecular weight excluding hydrogens is 240 g/mol. The molecular formula is C15H16N2O2. The second-order valence-corrected chi connectivity index (χ2v) is 5.14. The summed E-state index contributed by atoms with van der Waals surface area (Å²) in [5.41, 5.74) is 1.32. The molecule has 0 aliphatic carbocycles. The molecule has 1 aromatic heterocycles. The van der Waals surface area contributed by atoms with Crippen molar-refractivity contribution >= 4 is 5.71 Å². The predicted molar refractivity (Wildman–Crippen MR) is 72.1 cm³/mol. The Morgan fingerprint density at radius 1 is 1.16 bits per heavy atom. The third-order valence-corrected chi connectivity index (χ3v) is 3.48. The molecule has 4 nitrogen and oxygen atoms in total. The van der Waals surface area contributed by atoms with Gasteiger partial charge in [0.1, 0.15) is 5.76 Å². The molecule has 98 valence electrons. The molecule has 0 radical (unpaired) electrons. The Bertz CT molecular complexity index is 588. The van der Waals surface area contributed by atoms with Gasteiger partial charge in [0, 0.05) is 0 Å². The second-order valence-electron chi connectivity index (χ2n) is 5.14. The first-order valence-corrected chi connectivity index (χ1v) is 6.26. The van der Waals surface area contributed by atoms with Crippen molar-refractivity contribution in [1.82, 2.24) is 5.06 Å². The third kappa shape index (κ3) is 1.89. The maximum atomic E-state index is 10.4. The molecule has 0 spiro atoms. The van der Waals surface area contributed by atoms with Gasteiger partial charge >= 0.3 is 0 Å². The predicted octanol–water partition coefficient (Wildman–Crippen LogP) is 3.25. The monoisotopic (exact) mass is 256 g/mol. The molecule has 0 fully saturated rings. The molecule has 19 heavy (non-hydrogen) atoms. The molecule has 1 unspecified atom stereocenters. The average molecular weight is 256 g/mol. The highest BCUT2D eigenvalue weighted by molar-refractivity contribution is 6.07. The van der Waals surface area contributed by atoms with Crippen LogP contribution in [0.25, 0.3) is 0 Å². The van der Waals surface area contributed by atoms with Crippen LogP contribution in [0.15, 0.2) is 58.1 Å². The number of nitrogens with zero attached hydrogens (tertiary/aromatic N) is 2. The van der Waals surface area contributed by atoms with Crippen LogP contribution in [0.5, 0.6) is 0 Å². The van der Waals surface area contributed by atoms with Crippen molar-refractivity contribution in [2.75, 3.05) is 0 Å². The first-order valence-electron chi connectivity index (χ1n) is 6.26. The van der Waals surface area contributed by atoms with Gasteiger partial charge in [0.25, 0.3) is 0 Å². The number of hydrogen-bond donors (Lipinski definition) is 1. The zero-order chi connectivity index (χ0) is 13.5. The van der Waals surface area contributed by atoms with E-state index in [4.69, 9.17) is 4.42 Å². The van der Waals surface area contributed by atoms with Crippen LogP contribution in [0.1, 0.15) is 31.3 Å². The van der Waals surface area contributed by atoms with E-state index >= 15 is 0 Å². The maximum absolute atomic E-state index is 10.4. The number of rotatable bonds is 2. The molecule has 2 heterocycles. The maximum Gasteiger partial charge on any atom is 0.183 e. The zero-order valence-corrected chi connectivity index (χ0v) is 10.9. The van der Waals surface area contributed by atoms with Gasteiger partial charge in [0.05, 0.1) is 17.5 Å². The minimum atomic E-state index is -0.557. The van der Waals surface area contributed by atoms with Crippen molar-refractivity contribution in [2.24, 2.45) is 4.99 Å². The van der Waals surface area contributed by atoms with Crippen LogP contribution < -0.4 is 0 Å². The van der Waals surface area contributed by atoms with Crippen LogP contribution in [0.4, 0.5) is 0 Å². The van der Waals surface area contributed by atoms with Gasteiger partial charge in [0.2, 0.25) is 0 Å². The molecule has 0 saturated carbocycles. The summed E-state index contributed by atoms with van der Waals surface area (Å²) < 4.78 is 5.36. The third-order valence-electron chi connectivity index (χ3n) is 3.48. The van der Waals surface area contributed by atoms with Crippen LogP contribution in [0.2, 0.25) is 0 Å². The van der Waals surface area contributed by atoms with Gasteiger partial charge in [-0.15, -0.1) is 5.06 Å².